The lowest BCUT2D eigenvalue weighted by Crippen LogP contribution is -2.46. The second-order valence-corrected chi connectivity index (χ2v) is 9.68. The molecule has 7 nitrogen and oxygen atoms in total. The molecular weight excluding hydrogens is 376 g/mol. The van der Waals surface area contributed by atoms with Gasteiger partial charge in [0, 0.05) is 57.3 Å². The van der Waals surface area contributed by atoms with Gasteiger partial charge in [-0.3, -0.25) is 4.90 Å². The number of rotatable bonds is 7. The van der Waals surface area contributed by atoms with Crippen molar-refractivity contribution >= 4 is 15.5 Å². The van der Waals surface area contributed by atoms with Crippen LogP contribution in [0, 0.1) is 5.92 Å². The van der Waals surface area contributed by atoms with Crippen LogP contribution in [0.25, 0.3) is 0 Å². The first-order chi connectivity index (χ1) is 13.3. The molecule has 1 aromatic carbocycles. The average molecular weight is 407 g/mol. The lowest BCUT2D eigenvalue weighted by atomic mass is 10.2. The summed E-state index contributed by atoms with van der Waals surface area (Å²) in [6.45, 7) is 9.21. The molecule has 0 atom stereocenters. The highest BCUT2D eigenvalue weighted by atomic mass is 32.2. The second kappa shape index (κ2) is 8.53. The number of imidazole rings is 1. The summed E-state index contributed by atoms with van der Waals surface area (Å²) in [6, 6.07) is 8.13. The number of sulfone groups is 1. The zero-order valence-corrected chi connectivity index (χ0v) is 17.9. The molecule has 3 rings (SSSR count). The van der Waals surface area contributed by atoms with E-state index >= 15 is 0 Å². The molecule has 0 amide bonds. The minimum atomic E-state index is -3.34. The highest BCUT2D eigenvalue weighted by Crippen LogP contribution is 2.23. The molecule has 28 heavy (non-hydrogen) atoms. The molecular formula is C20H30N4O3S. The number of aromatic nitrogens is 2. The molecule has 0 saturated carbocycles. The minimum absolute atomic E-state index is 0.172. The molecule has 0 spiro atoms. The van der Waals surface area contributed by atoms with Crippen molar-refractivity contribution in [2.75, 3.05) is 44.4 Å². The Morgan fingerprint density at radius 1 is 1.18 bits per heavy atom. The number of nitrogens with zero attached hydrogens (tertiary/aromatic N) is 4. The first kappa shape index (κ1) is 20.7. The SMILES string of the molecule is COc1cccc(N2CCN(Cc3cnc(S(C)(=O)=O)n3CC(C)C)CC2)c1. The summed E-state index contributed by atoms with van der Waals surface area (Å²) in [5.74, 6) is 1.21. The third kappa shape index (κ3) is 4.86. The smallest absolute Gasteiger partial charge is 0.227 e. The Hall–Kier alpha value is -2.06. The fourth-order valence-electron chi connectivity index (χ4n) is 3.58. The van der Waals surface area contributed by atoms with E-state index in [-0.39, 0.29) is 5.16 Å². The van der Waals surface area contributed by atoms with Gasteiger partial charge in [-0.1, -0.05) is 19.9 Å². The maximum Gasteiger partial charge on any atom is 0.227 e. The Labute approximate surface area is 167 Å². The van der Waals surface area contributed by atoms with Gasteiger partial charge in [-0.2, -0.15) is 0 Å². The number of hydrogen-bond donors (Lipinski definition) is 0. The topological polar surface area (TPSA) is 67.7 Å². The van der Waals surface area contributed by atoms with Crippen LogP contribution >= 0.6 is 0 Å². The fourth-order valence-corrected chi connectivity index (χ4v) is 4.41. The van der Waals surface area contributed by atoms with Crippen LogP contribution in [0.3, 0.4) is 0 Å². The van der Waals surface area contributed by atoms with Crippen LogP contribution in [-0.2, 0) is 22.9 Å². The predicted molar refractivity (Wildman–Crippen MR) is 111 cm³/mol. The quantitative estimate of drug-likeness (QED) is 0.703. The predicted octanol–water partition coefficient (Wildman–Crippen LogP) is 2.27. The summed E-state index contributed by atoms with van der Waals surface area (Å²) >= 11 is 0. The van der Waals surface area contributed by atoms with Crippen molar-refractivity contribution in [1.29, 1.82) is 0 Å². The van der Waals surface area contributed by atoms with Crippen molar-refractivity contribution in [2.24, 2.45) is 5.92 Å². The molecule has 8 heteroatoms. The van der Waals surface area contributed by atoms with E-state index in [2.05, 4.69) is 40.8 Å². The minimum Gasteiger partial charge on any atom is -0.497 e. The average Bonchev–Trinajstić information content (AvgIpc) is 3.04. The van der Waals surface area contributed by atoms with E-state index in [1.807, 2.05) is 16.7 Å². The molecule has 1 fully saturated rings. The van der Waals surface area contributed by atoms with E-state index in [9.17, 15) is 8.42 Å². The Morgan fingerprint density at radius 2 is 1.89 bits per heavy atom. The van der Waals surface area contributed by atoms with Gasteiger partial charge in [0.05, 0.1) is 19.0 Å². The Balaban J connectivity index is 1.68. The molecule has 2 heterocycles. The van der Waals surface area contributed by atoms with Crippen molar-refractivity contribution in [2.45, 2.75) is 32.1 Å². The Morgan fingerprint density at radius 3 is 2.50 bits per heavy atom. The van der Waals surface area contributed by atoms with Crippen LogP contribution in [-0.4, -0.2) is 62.4 Å². The first-order valence-corrected chi connectivity index (χ1v) is 11.5. The van der Waals surface area contributed by atoms with E-state index in [1.54, 1.807) is 13.3 Å². The van der Waals surface area contributed by atoms with Gasteiger partial charge in [-0.05, 0) is 18.1 Å². The second-order valence-electron chi connectivity index (χ2n) is 7.77. The van der Waals surface area contributed by atoms with Crippen LogP contribution in [0.2, 0.25) is 0 Å². The number of ether oxygens (including phenoxy) is 1. The lowest BCUT2D eigenvalue weighted by molar-refractivity contribution is 0.241. The van der Waals surface area contributed by atoms with Gasteiger partial charge >= 0.3 is 0 Å². The Kier molecular flexibility index (Phi) is 6.30. The maximum absolute atomic E-state index is 12.1. The van der Waals surface area contributed by atoms with Crippen molar-refractivity contribution in [3.63, 3.8) is 0 Å². The van der Waals surface area contributed by atoms with Gasteiger partial charge in [-0.25, -0.2) is 13.4 Å². The van der Waals surface area contributed by atoms with Gasteiger partial charge in [0.1, 0.15) is 5.75 Å². The van der Waals surface area contributed by atoms with E-state index < -0.39 is 9.84 Å². The molecule has 1 aliphatic rings. The summed E-state index contributed by atoms with van der Waals surface area (Å²) in [7, 11) is -1.65. The van der Waals surface area contributed by atoms with Gasteiger partial charge in [0.25, 0.3) is 0 Å². The third-order valence-electron chi connectivity index (χ3n) is 4.96. The number of methoxy groups -OCH3 is 1. The summed E-state index contributed by atoms with van der Waals surface area (Å²) in [4.78, 5) is 8.92. The maximum atomic E-state index is 12.1. The molecule has 1 saturated heterocycles. The molecule has 154 valence electrons. The van der Waals surface area contributed by atoms with Crippen LogP contribution in [0.1, 0.15) is 19.5 Å². The van der Waals surface area contributed by atoms with E-state index in [1.165, 1.54) is 11.9 Å². The monoisotopic (exact) mass is 406 g/mol. The molecule has 2 aromatic rings. The lowest BCUT2D eigenvalue weighted by Gasteiger charge is -2.36. The summed E-state index contributed by atoms with van der Waals surface area (Å²) in [5, 5.41) is 0.172. The Bertz CT molecular complexity index is 900. The van der Waals surface area contributed by atoms with Crippen molar-refractivity contribution in [3.8, 4) is 5.75 Å². The van der Waals surface area contributed by atoms with Crippen molar-refractivity contribution in [1.82, 2.24) is 14.5 Å². The molecule has 1 aromatic heterocycles. The van der Waals surface area contributed by atoms with Crippen LogP contribution in [0.5, 0.6) is 5.75 Å². The van der Waals surface area contributed by atoms with Crippen LogP contribution < -0.4 is 9.64 Å². The standard InChI is InChI=1S/C20H30N4O3S/c1-16(2)14-24-18(13-21-20(24)28(4,25)26)15-22-8-10-23(11-9-22)17-6-5-7-19(12-17)27-3/h5-7,12-13,16H,8-11,14-15H2,1-4H3. The zero-order valence-electron chi connectivity index (χ0n) is 17.1. The van der Waals surface area contributed by atoms with Gasteiger partial charge in [0.15, 0.2) is 0 Å². The summed E-state index contributed by atoms with van der Waals surface area (Å²) in [6.07, 6.45) is 2.94. The number of anilines is 1. The van der Waals surface area contributed by atoms with Crippen molar-refractivity contribution < 1.29 is 13.2 Å². The normalized spacial score (nSPS) is 16.0. The fraction of sp³-hybridized carbons (Fsp3) is 0.550. The van der Waals surface area contributed by atoms with Gasteiger partial charge < -0.3 is 14.2 Å². The molecule has 0 aliphatic carbocycles. The third-order valence-corrected chi connectivity index (χ3v) is 5.95. The number of benzene rings is 1. The largest absolute Gasteiger partial charge is 0.497 e. The molecule has 0 unspecified atom stereocenters. The van der Waals surface area contributed by atoms with E-state index in [0.717, 1.165) is 37.6 Å². The zero-order chi connectivity index (χ0) is 20.3. The van der Waals surface area contributed by atoms with Gasteiger partial charge in [-0.15, -0.1) is 0 Å². The summed E-state index contributed by atoms with van der Waals surface area (Å²) in [5.41, 5.74) is 2.13. The number of hydrogen-bond acceptors (Lipinski definition) is 6. The van der Waals surface area contributed by atoms with Gasteiger partial charge in [0.2, 0.25) is 15.0 Å². The number of piperazine rings is 1. The van der Waals surface area contributed by atoms with E-state index in [4.69, 9.17) is 4.74 Å². The first-order valence-electron chi connectivity index (χ1n) is 9.63. The molecule has 0 radical (unpaired) electrons. The van der Waals surface area contributed by atoms with Crippen LogP contribution in [0.4, 0.5) is 5.69 Å². The highest BCUT2D eigenvalue weighted by Gasteiger charge is 2.23. The molecule has 1 aliphatic heterocycles. The van der Waals surface area contributed by atoms with E-state index in [0.29, 0.717) is 19.0 Å². The summed E-state index contributed by atoms with van der Waals surface area (Å²) < 4.78 is 31.4. The van der Waals surface area contributed by atoms with Crippen LogP contribution in [0.15, 0.2) is 35.6 Å². The molecule has 0 N–H and O–H groups in total. The highest BCUT2D eigenvalue weighted by molar-refractivity contribution is 7.90. The van der Waals surface area contributed by atoms with Crippen molar-refractivity contribution in [3.05, 3.63) is 36.2 Å². The molecule has 0 bridgehead atoms.